The molecule has 0 radical (unpaired) electrons. The lowest BCUT2D eigenvalue weighted by atomic mass is 9.92. The number of hydrogen-bond donors (Lipinski definition) is 0. The van der Waals surface area contributed by atoms with E-state index in [1.54, 1.807) is 0 Å². The second-order valence-electron chi connectivity index (χ2n) is 6.52. The van der Waals surface area contributed by atoms with E-state index >= 15 is 0 Å². The molecule has 7 heteroatoms. The molecule has 1 heterocycles. The van der Waals surface area contributed by atoms with E-state index in [1.165, 1.54) is 0 Å². The number of carbonyl (C=O) groups is 1. The van der Waals surface area contributed by atoms with E-state index in [0.29, 0.717) is 18.9 Å². The molecule has 1 rings (SSSR count). The molecule has 1 saturated heterocycles. The maximum absolute atomic E-state index is 11.6. The van der Waals surface area contributed by atoms with Gasteiger partial charge in [0.2, 0.25) is 0 Å². The summed E-state index contributed by atoms with van der Waals surface area (Å²) in [6, 6.07) is 0. The van der Waals surface area contributed by atoms with Crippen LogP contribution in [0.1, 0.15) is 58.3 Å². The second-order valence-corrected chi connectivity index (χ2v) is 6.52. The minimum absolute atomic E-state index is 0.0971. The Morgan fingerprint density at radius 1 is 1.24 bits per heavy atom. The number of nitrogens with zero attached hydrogens (tertiary/aromatic N) is 2. The van der Waals surface area contributed by atoms with Gasteiger partial charge in [0.25, 0.3) is 5.09 Å². The number of piperidine rings is 1. The van der Waals surface area contributed by atoms with Gasteiger partial charge in [-0.25, -0.2) is 0 Å². The van der Waals surface area contributed by atoms with E-state index in [4.69, 9.17) is 4.74 Å². The monoisotopic (exact) mass is 356 g/mol. The third kappa shape index (κ3) is 11.5. The number of carbonyl (C=O) groups excluding carboxylic acids is 1. The van der Waals surface area contributed by atoms with Gasteiger partial charge in [0.05, 0.1) is 13.2 Å². The fraction of sp³-hybridized carbons (Fsp3) is 0.833. The minimum atomic E-state index is -0.725. The van der Waals surface area contributed by atoms with Crippen LogP contribution in [0, 0.1) is 16.0 Å². The van der Waals surface area contributed by atoms with Crippen molar-refractivity contribution in [1.82, 2.24) is 4.90 Å². The average Bonchev–Trinajstić information content (AvgIpc) is 2.60. The molecule has 25 heavy (non-hydrogen) atoms. The highest BCUT2D eigenvalue weighted by Crippen LogP contribution is 2.21. The Bertz CT molecular complexity index is 406. The summed E-state index contributed by atoms with van der Waals surface area (Å²) >= 11 is 0. The maximum Gasteiger partial charge on any atom is 0.305 e. The topological polar surface area (TPSA) is 81.9 Å². The number of allylic oxidation sites excluding steroid dienone is 2. The molecule has 1 aliphatic rings. The van der Waals surface area contributed by atoms with Gasteiger partial charge in [0.15, 0.2) is 0 Å². The van der Waals surface area contributed by atoms with Crippen LogP contribution in [0.4, 0.5) is 0 Å². The lowest BCUT2D eigenvalue weighted by Gasteiger charge is -2.31. The Labute approximate surface area is 150 Å². The summed E-state index contributed by atoms with van der Waals surface area (Å²) in [5.41, 5.74) is 0. The first-order valence-electron chi connectivity index (χ1n) is 9.38. The molecule has 7 nitrogen and oxygen atoms in total. The third-order valence-corrected chi connectivity index (χ3v) is 4.53. The van der Waals surface area contributed by atoms with E-state index in [2.05, 4.69) is 15.8 Å². The van der Waals surface area contributed by atoms with Gasteiger partial charge in [-0.3, -0.25) is 4.79 Å². The zero-order chi connectivity index (χ0) is 18.3. The molecule has 1 aliphatic heterocycles. The quantitative estimate of drug-likeness (QED) is 0.165. The van der Waals surface area contributed by atoms with Gasteiger partial charge in [0.1, 0.15) is 0 Å². The molecule has 144 valence electrons. The van der Waals surface area contributed by atoms with Crippen molar-refractivity contribution in [2.75, 3.05) is 32.8 Å². The number of esters is 1. The first-order chi connectivity index (χ1) is 12.1. The van der Waals surface area contributed by atoms with Crippen molar-refractivity contribution in [3.63, 3.8) is 0 Å². The summed E-state index contributed by atoms with van der Waals surface area (Å²) in [6.07, 6.45) is 11.2. The summed E-state index contributed by atoms with van der Waals surface area (Å²) in [6.45, 7) is 5.75. The van der Waals surface area contributed by atoms with E-state index in [-0.39, 0.29) is 12.6 Å². The van der Waals surface area contributed by atoms with Gasteiger partial charge in [-0.05, 0) is 70.9 Å². The maximum atomic E-state index is 11.6. The molecular formula is C18H32N2O5. The van der Waals surface area contributed by atoms with Crippen molar-refractivity contribution in [1.29, 1.82) is 0 Å². The highest BCUT2D eigenvalue weighted by atomic mass is 16.9. The van der Waals surface area contributed by atoms with Crippen molar-refractivity contribution in [2.24, 2.45) is 5.92 Å². The molecule has 0 aromatic heterocycles. The van der Waals surface area contributed by atoms with Gasteiger partial charge in [-0.1, -0.05) is 12.2 Å². The second kappa shape index (κ2) is 13.6. The van der Waals surface area contributed by atoms with Gasteiger partial charge in [-0.2, -0.15) is 0 Å². The number of ether oxygens (including phenoxy) is 1. The average molecular weight is 356 g/mol. The summed E-state index contributed by atoms with van der Waals surface area (Å²) in [5, 5.41) is 9.36. The summed E-state index contributed by atoms with van der Waals surface area (Å²) in [4.78, 5) is 28.4. The Morgan fingerprint density at radius 2 is 2.00 bits per heavy atom. The summed E-state index contributed by atoms with van der Waals surface area (Å²) < 4.78 is 5.26. The highest BCUT2D eigenvalue weighted by molar-refractivity contribution is 5.69. The van der Waals surface area contributed by atoms with Crippen molar-refractivity contribution in [3.8, 4) is 0 Å². The van der Waals surface area contributed by atoms with Crippen molar-refractivity contribution >= 4 is 5.97 Å². The van der Waals surface area contributed by atoms with Gasteiger partial charge in [-0.15, -0.1) is 10.1 Å². The number of hydrogen-bond acceptors (Lipinski definition) is 6. The molecule has 0 aromatic rings. The first kappa shape index (κ1) is 21.4. The van der Waals surface area contributed by atoms with Crippen LogP contribution in [0.15, 0.2) is 12.2 Å². The molecule has 1 fully saturated rings. The Hall–Kier alpha value is -1.63. The minimum Gasteiger partial charge on any atom is -0.466 e. The van der Waals surface area contributed by atoms with Gasteiger partial charge in [0, 0.05) is 13.0 Å². The lowest BCUT2D eigenvalue weighted by Crippen LogP contribution is -2.35. The van der Waals surface area contributed by atoms with E-state index < -0.39 is 5.09 Å². The molecule has 0 unspecified atom stereocenters. The third-order valence-electron chi connectivity index (χ3n) is 4.53. The van der Waals surface area contributed by atoms with Crippen LogP contribution >= 0.6 is 0 Å². The molecule has 0 N–H and O–H groups in total. The SMILES string of the molecule is CC=CCCCC(=O)OCCCN1CCC(CCCO[N+](=O)[O-])CC1. The molecule has 0 aliphatic carbocycles. The number of rotatable bonds is 13. The van der Waals surface area contributed by atoms with Crippen LogP contribution in [0.3, 0.4) is 0 Å². The smallest absolute Gasteiger partial charge is 0.305 e. The molecule has 0 spiro atoms. The van der Waals surface area contributed by atoms with Crippen molar-refractivity contribution in [2.45, 2.75) is 58.3 Å². The predicted octanol–water partition coefficient (Wildman–Crippen LogP) is 3.37. The van der Waals surface area contributed by atoms with Crippen LogP contribution in [0.25, 0.3) is 0 Å². The molecule has 0 amide bonds. The molecule has 0 aromatic carbocycles. The zero-order valence-electron chi connectivity index (χ0n) is 15.4. The van der Waals surface area contributed by atoms with Gasteiger partial charge < -0.3 is 14.5 Å². The Balaban J connectivity index is 1.96. The number of likely N-dealkylation sites (tertiary alicyclic amines) is 1. The predicted molar refractivity (Wildman–Crippen MR) is 95.6 cm³/mol. The summed E-state index contributed by atoms with van der Waals surface area (Å²) in [7, 11) is 0. The normalized spacial score (nSPS) is 16.2. The highest BCUT2D eigenvalue weighted by Gasteiger charge is 2.18. The molecule has 0 saturated carbocycles. The van der Waals surface area contributed by atoms with Crippen LogP contribution in [-0.4, -0.2) is 48.8 Å². The molecule has 0 bridgehead atoms. The molecule has 0 atom stereocenters. The Kier molecular flexibility index (Phi) is 11.7. The fourth-order valence-electron chi connectivity index (χ4n) is 3.09. The molecular weight excluding hydrogens is 324 g/mol. The fourth-order valence-corrected chi connectivity index (χ4v) is 3.09. The first-order valence-corrected chi connectivity index (χ1v) is 9.38. The number of unbranched alkanes of at least 4 members (excludes halogenated alkanes) is 1. The largest absolute Gasteiger partial charge is 0.466 e. The van der Waals surface area contributed by atoms with Gasteiger partial charge >= 0.3 is 5.97 Å². The van der Waals surface area contributed by atoms with Crippen LogP contribution in [0.5, 0.6) is 0 Å². The van der Waals surface area contributed by atoms with E-state index in [9.17, 15) is 14.9 Å². The van der Waals surface area contributed by atoms with E-state index in [0.717, 1.165) is 64.6 Å². The van der Waals surface area contributed by atoms with Crippen LogP contribution < -0.4 is 0 Å². The Morgan fingerprint density at radius 3 is 2.68 bits per heavy atom. The van der Waals surface area contributed by atoms with Crippen molar-refractivity contribution < 1.29 is 19.5 Å². The lowest BCUT2D eigenvalue weighted by molar-refractivity contribution is -0.757. The standard InChI is InChI=1S/C18H32N2O5/c1-2-3-4-5-9-18(21)24-15-7-12-19-13-10-17(11-14-19)8-6-16-25-20(22)23/h2-3,17H,4-16H2,1H3. The van der Waals surface area contributed by atoms with Crippen LogP contribution in [0.2, 0.25) is 0 Å². The van der Waals surface area contributed by atoms with E-state index in [1.807, 2.05) is 13.0 Å². The van der Waals surface area contributed by atoms with Crippen LogP contribution in [-0.2, 0) is 14.4 Å². The van der Waals surface area contributed by atoms with Crippen molar-refractivity contribution in [3.05, 3.63) is 22.3 Å². The zero-order valence-corrected chi connectivity index (χ0v) is 15.4. The summed E-state index contributed by atoms with van der Waals surface area (Å²) in [5.74, 6) is 0.543.